The third kappa shape index (κ3) is 3.72. The molecule has 3 aromatic rings. The third-order valence-electron chi connectivity index (χ3n) is 5.78. The summed E-state index contributed by atoms with van der Waals surface area (Å²) in [5, 5.41) is 10.4. The van der Waals surface area contributed by atoms with Crippen molar-refractivity contribution in [3.63, 3.8) is 0 Å². The van der Waals surface area contributed by atoms with Gasteiger partial charge in [-0.05, 0) is 30.2 Å². The molecule has 0 bridgehead atoms. The number of aliphatic hydroxyl groups is 1. The number of nitrogens with one attached hydrogen (secondary N) is 1. The van der Waals surface area contributed by atoms with E-state index >= 15 is 0 Å². The Morgan fingerprint density at radius 2 is 2.03 bits per heavy atom. The number of carbonyl (C=O) groups is 1. The molecule has 0 spiro atoms. The van der Waals surface area contributed by atoms with Crippen LogP contribution in [-0.4, -0.2) is 53.3 Å². The van der Waals surface area contributed by atoms with Gasteiger partial charge in [0.1, 0.15) is 11.6 Å². The van der Waals surface area contributed by atoms with Gasteiger partial charge in [-0.2, -0.15) is 0 Å². The Labute approximate surface area is 181 Å². The molecule has 2 aromatic heterocycles. The standard InChI is InChI=1S/C24H26N4O3/c1-24(15-9-10-25-19(11-15)21(29)23(30)28(2)3)12-17-18(13-26-22(17)27-14-24)16-7-5-6-8-20(16)31-4/h5-11,13-14,21,26,29H,12H2,1-4H3. The molecule has 0 aliphatic carbocycles. The zero-order valence-electron chi connectivity index (χ0n) is 18.1. The van der Waals surface area contributed by atoms with E-state index in [-0.39, 0.29) is 0 Å². The van der Waals surface area contributed by atoms with Crippen LogP contribution in [0.25, 0.3) is 11.1 Å². The fourth-order valence-electron chi connectivity index (χ4n) is 3.96. The number of aliphatic hydroxyl groups excluding tert-OH is 1. The second kappa shape index (κ2) is 8.00. The van der Waals surface area contributed by atoms with Gasteiger partial charge in [-0.3, -0.25) is 9.78 Å². The van der Waals surface area contributed by atoms with Crippen molar-refractivity contribution >= 4 is 17.9 Å². The van der Waals surface area contributed by atoms with Crippen LogP contribution in [-0.2, 0) is 16.6 Å². The van der Waals surface area contributed by atoms with Crippen molar-refractivity contribution in [3.8, 4) is 16.9 Å². The van der Waals surface area contributed by atoms with Crippen LogP contribution in [0.2, 0.25) is 0 Å². The maximum Gasteiger partial charge on any atom is 0.257 e. The number of aromatic amines is 1. The van der Waals surface area contributed by atoms with Crippen LogP contribution in [0.1, 0.15) is 29.8 Å². The van der Waals surface area contributed by atoms with E-state index in [1.54, 1.807) is 33.5 Å². The first kappa shape index (κ1) is 20.8. The third-order valence-corrected chi connectivity index (χ3v) is 5.78. The zero-order chi connectivity index (χ0) is 22.2. The highest BCUT2D eigenvalue weighted by Crippen LogP contribution is 2.42. The Bertz CT molecular complexity index is 1150. The highest BCUT2D eigenvalue weighted by atomic mass is 16.5. The first-order valence-electron chi connectivity index (χ1n) is 10.1. The fraction of sp³-hybridized carbons (Fsp3) is 0.292. The van der Waals surface area contributed by atoms with Gasteiger partial charge in [0.15, 0.2) is 6.10 Å². The van der Waals surface area contributed by atoms with Gasteiger partial charge in [-0.25, -0.2) is 4.99 Å². The van der Waals surface area contributed by atoms with E-state index in [1.165, 1.54) is 4.90 Å². The minimum Gasteiger partial charge on any atom is -0.496 e. The molecule has 2 N–H and O–H groups in total. The average Bonchev–Trinajstić information content (AvgIpc) is 3.20. The number of pyridine rings is 1. The predicted octanol–water partition coefficient (Wildman–Crippen LogP) is 3.42. The van der Waals surface area contributed by atoms with Gasteiger partial charge in [0.05, 0.1) is 12.8 Å². The van der Waals surface area contributed by atoms with E-state index in [2.05, 4.69) is 21.9 Å². The summed E-state index contributed by atoms with van der Waals surface area (Å²) in [7, 11) is 4.88. The van der Waals surface area contributed by atoms with E-state index < -0.39 is 17.4 Å². The normalized spacial score (nSPS) is 18.4. The molecule has 1 amide bonds. The maximum atomic E-state index is 12.2. The molecule has 1 aliphatic heterocycles. The number of hydrogen-bond acceptors (Lipinski definition) is 5. The van der Waals surface area contributed by atoms with Gasteiger partial charge in [-0.1, -0.05) is 25.1 Å². The van der Waals surface area contributed by atoms with Gasteiger partial charge in [-0.15, -0.1) is 0 Å². The molecule has 2 atom stereocenters. The van der Waals surface area contributed by atoms with E-state index in [0.717, 1.165) is 33.8 Å². The molecule has 160 valence electrons. The SMILES string of the molecule is COc1ccccc1-c1c[nH]c2c1CC(C)(c1ccnc(C(O)C(=O)N(C)C)c1)C=N2. The number of amides is 1. The lowest BCUT2D eigenvalue weighted by molar-refractivity contribution is -0.138. The van der Waals surface area contributed by atoms with Crippen molar-refractivity contribution in [3.05, 3.63) is 65.6 Å². The van der Waals surface area contributed by atoms with Crippen LogP contribution < -0.4 is 4.74 Å². The number of fused-ring (bicyclic) bond motifs is 1. The lowest BCUT2D eigenvalue weighted by atomic mass is 9.76. The van der Waals surface area contributed by atoms with Crippen molar-refractivity contribution in [1.82, 2.24) is 14.9 Å². The fourth-order valence-corrected chi connectivity index (χ4v) is 3.96. The molecule has 0 saturated heterocycles. The molecule has 0 saturated carbocycles. The maximum absolute atomic E-state index is 12.2. The number of carbonyl (C=O) groups excluding carboxylic acids is 1. The summed E-state index contributed by atoms with van der Waals surface area (Å²) in [4.78, 5) is 25.7. The molecular weight excluding hydrogens is 392 g/mol. The number of methoxy groups -OCH3 is 1. The number of ether oxygens (including phenoxy) is 1. The molecule has 1 aromatic carbocycles. The van der Waals surface area contributed by atoms with Crippen LogP contribution in [0.3, 0.4) is 0 Å². The number of likely N-dealkylation sites (N-methyl/N-ethyl adjacent to an activating group) is 1. The second-order valence-corrected chi connectivity index (χ2v) is 8.19. The monoisotopic (exact) mass is 418 g/mol. The number of nitrogens with zero attached hydrogens (tertiary/aromatic N) is 3. The zero-order valence-corrected chi connectivity index (χ0v) is 18.1. The largest absolute Gasteiger partial charge is 0.496 e. The Morgan fingerprint density at radius 1 is 1.26 bits per heavy atom. The smallest absolute Gasteiger partial charge is 0.257 e. The summed E-state index contributed by atoms with van der Waals surface area (Å²) in [5.41, 5.74) is 3.99. The molecular formula is C24H26N4O3. The van der Waals surface area contributed by atoms with Crippen LogP contribution in [0.5, 0.6) is 5.75 Å². The lowest BCUT2D eigenvalue weighted by Crippen LogP contribution is -2.31. The summed E-state index contributed by atoms with van der Waals surface area (Å²) in [6, 6.07) is 11.6. The molecule has 4 rings (SSSR count). The van der Waals surface area contributed by atoms with E-state index in [1.807, 2.05) is 42.7 Å². The quantitative estimate of drug-likeness (QED) is 0.664. The van der Waals surface area contributed by atoms with Crippen molar-refractivity contribution in [2.24, 2.45) is 4.99 Å². The van der Waals surface area contributed by atoms with E-state index in [0.29, 0.717) is 12.1 Å². The molecule has 31 heavy (non-hydrogen) atoms. The number of aliphatic imine (C=N–C) groups is 1. The van der Waals surface area contributed by atoms with Crippen LogP contribution in [0, 0.1) is 0 Å². The summed E-state index contributed by atoms with van der Waals surface area (Å²) in [5.74, 6) is 1.23. The van der Waals surface area contributed by atoms with Crippen LogP contribution in [0.15, 0.2) is 53.8 Å². The van der Waals surface area contributed by atoms with Gasteiger partial charge >= 0.3 is 0 Å². The van der Waals surface area contributed by atoms with Crippen LogP contribution >= 0.6 is 0 Å². The van der Waals surface area contributed by atoms with Gasteiger partial charge < -0.3 is 19.7 Å². The molecule has 7 heteroatoms. The lowest BCUT2D eigenvalue weighted by Gasteiger charge is -2.30. The number of H-pyrrole nitrogens is 1. The van der Waals surface area contributed by atoms with Crippen molar-refractivity contribution < 1.29 is 14.6 Å². The molecule has 1 aliphatic rings. The van der Waals surface area contributed by atoms with E-state index in [9.17, 15) is 9.90 Å². The van der Waals surface area contributed by atoms with Crippen molar-refractivity contribution in [2.75, 3.05) is 21.2 Å². The minimum absolute atomic E-state index is 0.329. The van der Waals surface area contributed by atoms with Gasteiger partial charge in [0.2, 0.25) is 0 Å². The highest BCUT2D eigenvalue weighted by Gasteiger charge is 2.33. The van der Waals surface area contributed by atoms with Crippen molar-refractivity contribution in [1.29, 1.82) is 0 Å². The van der Waals surface area contributed by atoms with Crippen LogP contribution in [0.4, 0.5) is 5.82 Å². The summed E-state index contributed by atoms with van der Waals surface area (Å²) >= 11 is 0. The first-order valence-corrected chi connectivity index (χ1v) is 10.1. The molecule has 7 nitrogen and oxygen atoms in total. The summed E-state index contributed by atoms with van der Waals surface area (Å²) in [6.07, 6.45) is 4.90. The topological polar surface area (TPSA) is 90.8 Å². The highest BCUT2D eigenvalue weighted by molar-refractivity contribution is 5.85. The summed E-state index contributed by atoms with van der Waals surface area (Å²) < 4.78 is 5.56. The first-order chi connectivity index (χ1) is 14.8. The molecule has 3 heterocycles. The Morgan fingerprint density at radius 3 is 2.77 bits per heavy atom. The average molecular weight is 418 g/mol. The Kier molecular flexibility index (Phi) is 5.37. The van der Waals surface area contributed by atoms with Crippen molar-refractivity contribution in [2.45, 2.75) is 24.9 Å². The number of hydrogen-bond donors (Lipinski definition) is 2. The van der Waals surface area contributed by atoms with Gasteiger partial charge in [0, 0.05) is 54.8 Å². The molecule has 0 radical (unpaired) electrons. The molecule has 0 fully saturated rings. The predicted molar refractivity (Wildman–Crippen MR) is 120 cm³/mol. The van der Waals surface area contributed by atoms with Gasteiger partial charge in [0.25, 0.3) is 5.91 Å². The second-order valence-electron chi connectivity index (χ2n) is 8.19. The number of benzene rings is 1. The minimum atomic E-state index is -1.30. The molecule has 2 unspecified atom stereocenters. The number of para-hydroxylation sites is 1. The number of aromatic nitrogens is 2. The Hall–Kier alpha value is -3.45. The number of rotatable bonds is 5. The van der Waals surface area contributed by atoms with E-state index in [4.69, 9.17) is 4.74 Å². The summed E-state index contributed by atoms with van der Waals surface area (Å²) in [6.45, 7) is 2.09. The Balaban J connectivity index is 1.71.